The molecule has 0 spiro atoms. The topological polar surface area (TPSA) is 96.5 Å². The van der Waals surface area contributed by atoms with Crippen molar-refractivity contribution in [2.45, 2.75) is 17.9 Å². The smallest absolute Gasteiger partial charge is 0.244 e. The van der Waals surface area contributed by atoms with E-state index in [1.165, 1.54) is 32.4 Å². The van der Waals surface area contributed by atoms with Gasteiger partial charge in [0.2, 0.25) is 10.0 Å². The highest BCUT2D eigenvalue weighted by molar-refractivity contribution is 7.89. The minimum Gasteiger partial charge on any atom is -0.392 e. The molecule has 1 atom stereocenters. The Morgan fingerprint density at radius 2 is 2.21 bits per heavy atom. The van der Waals surface area contributed by atoms with Crippen LogP contribution in [0, 0.1) is 11.8 Å². The van der Waals surface area contributed by atoms with Crippen LogP contribution in [0.15, 0.2) is 23.4 Å². The van der Waals surface area contributed by atoms with Gasteiger partial charge in [0.15, 0.2) is 0 Å². The molecular formula is C12H17N3O3S. The van der Waals surface area contributed by atoms with Crippen molar-refractivity contribution in [2.24, 2.45) is 5.73 Å². The van der Waals surface area contributed by atoms with Crippen LogP contribution >= 0.6 is 0 Å². The van der Waals surface area contributed by atoms with Gasteiger partial charge in [-0.1, -0.05) is 11.8 Å². The molecule has 104 valence electrons. The quantitative estimate of drug-likeness (QED) is 0.719. The van der Waals surface area contributed by atoms with Crippen LogP contribution in [-0.4, -0.2) is 49.1 Å². The Morgan fingerprint density at radius 3 is 2.79 bits per heavy atom. The summed E-state index contributed by atoms with van der Waals surface area (Å²) in [4.78, 5) is 3.89. The number of rotatable bonds is 4. The number of nitrogens with two attached hydrogens (primary N) is 1. The van der Waals surface area contributed by atoms with Gasteiger partial charge in [-0.15, -0.1) is 0 Å². The number of pyridine rings is 1. The fraction of sp³-hybridized carbons (Fsp3) is 0.417. The van der Waals surface area contributed by atoms with Crippen LogP contribution < -0.4 is 5.73 Å². The van der Waals surface area contributed by atoms with E-state index in [-0.39, 0.29) is 18.0 Å². The molecule has 1 rings (SSSR count). The molecule has 0 bridgehead atoms. The van der Waals surface area contributed by atoms with E-state index in [1.54, 1.807) is 0 Å². The predicted octanol–water partition coefficient (Wildman–Crippen LogP) is -0.607. The Hall–Kier alpha value is -1.46. The summed E-state index contributed by atoms with van der Waals surface area (Å²) in [5, 5.41) is 9.25. The fourth-order valence-corrected chi connectivity index (χ4v) is 2.67. The molecule has 19 heavy (non-hydrogen) atoms. The minimum absolute atomic E-state index is 0.0149. The molecule has 1 unspecified atom stereocenters. The van der Waals surface area contributed by atoms with E-state index in [0.29, 0.717) is 5.56 Å². The molecule has 7 heteroatoms. The van der Waals surface area contributed by atoms with Gasteiger partial charge in [0.25, 0.3) is 0 Å². The largest absolute Gasteiger partial charge is 0.392 e. The number of sulfonamides is 1. The standard InChI is InChI=1S/C12H17N3O3S/c1-10(16)9-15(2)19(17,18)12-6-11(4-3-5-13)7-14-8-12/h6-8,10,16H,5,9,13H2,1-2H3. The van der Waals surface area contributed by atoms with E-state index in [0.717, 1.165) is 4.31 Å². The number of aromatic nitrogens is 1. The van der Waals surface area contributed by atoms with Gasteiger partial charge in [0.05, 0.1) is 12.6 Å². The van der Waals surface area contributed by atoms with Crippen molar-refractivity contribution in [1.82, 2.24) is 9.29 Å². The highest BCUT2D eigenvalue weighted by Crippen LogP contribution is 2.14. The zero-order valence-corrected chi connectivity index (χ0v) is 11.7. The Balaban J connectivity index is 3.08. The SMILES string of the molecule is CC(O)CN(C)S(=O)(=O)c1cncc(C#CCN)c1. The first-order valence-corrected chi connectivity index (χ1v) is 7.10. The molecule has 0 aromatic carbocycles. The Kier molecular flexibility index (Phi) is 5.44. The summed E-state index contributed by atoms with van der Waals surface area (Å²) >= 11 is 0. The molecule has 0 saturated carbocycles. The maximum atomic E-state index is 12.2. The lowest BCUT2D eigenvalue weighted by Crippen LogP contribution is -2.33. The molecule has 6 nitrogen and oxygen atoms in total. The number of hydrogen-bond acceptors (Lipinski definition) is 5. The molecule has 1 aromatic rings. The highest BCUT2D eigenvalue weighted by Gasteiger charge is 2.22. The van der Waals surface area contributed by atoms with Crippen molar-refractivity contribution < 1.29 is 13.5 Å². The third kappa shape index (κ3) is 4.29. The van der Waals surface area contributed by atoms with Crippen molar-refractivity contribution in [3.63, 3.8) is 0 Å². The van der Waals surface area contributed by atoms with E-state index in [1.807, 2.05) is 0 Å². The van der Waals surface area contributed by atoms with Gasteiger partial charge < -0.3 is 10.8 Å². The number of aliphatic hydroxyl groups excluding tert-OH is 1. The third-order valence-corrected chi connectivity index (χ3v) is 4.07. The summed E-state index contributed by atoms with van der Waals surface area (Å²) in [6.45, 7) is 1.73. The Bertz CT molecular complexity index is 588. The first-order valence-electron chi connectivity index (χ1n) is 5.66. The summed E-state index contributed by atoms with van der Waals surface area (Å²) in [6.07, 6.45) is 1.98. The summed E-state index contributed by atoms with van der Waals surface area (Å²) in [5.41, 5.74) is 5.74. The van der Waals surface area contributed by atoms with Crippen molar-refractivity contribution in [1.29, 1.82) is 0 Å². The van der Waals surface area contributed by atoms with E-state index in [2.05, 4.69) is 16.8 Å². The molecule has 0 aliphatic carbocycles. The molecule has 3 N–H and O–H groups in total. The van der Waals surface area contributed by atoms with Crippen LogP contribution in [0.5, 0.6) is 0 Å². The molecule has 0 fully saturated rings. The van der Waals surface area contributed by atoms with Gasteiger partial charge in [0.1, 0.15) is 4.90 Å². The van der Waals surface area contributed by atoms with Crippen LogP contribution in [0.4, 0.5) is 0 Å². The lowest BCUT2D eigenvalue weighted by Gasteiger charge is -2.18. The fourth-order valence-electron chi connectivity index (χ4n) is 1.43. The van der Waals surface area contributed by atoms with Gasteiger partial charge in [-0.2, -0.15) is 4.31 Å². The van der Waals surface area contributed by atoms with E-state index in [4.69, 9.17) is 5.73 Å². The normalized spacial score (nSPS) is 12.9. The lowest BCUT2D eigenvalue weighted by molar-refractivity contribution is 0.171. The van der Waals surface area contributed by atoms with Crippen LogP contribution in [-0.2, 0) is 10.0 Å². The maximum absolute atomic E-state index is 12.2. The van der Waals surface area contributed by atoms with Crippen molar-refractivity contribution in [3.8, 4) is 11.8 Å². The van der Waals surface area contributed by atoms with E-state index < -0.39 is 16.1 Å². The number of nitrogens with zero attached hydrogens (tertiary/aromatic N) is 2. The third-order valence-electron chi connectivity index (χ3n) is 2.28. The molecule has 1 aromatic heterocycles. The summed E-state index contributed by atoms with van der Waals surface area (Å²) in [7, 11) is -2.27. The van der Waals surface area contributed by atoms with Crippen LogP contribution in [0.1, 0.15) is 12.5 Å². The molecule has 1 heterocycles. The number of likely N-dealkylation sites (N-methyl/N-ethyl adjacent to an activating group) is 1. The zero-order chi connectivity index (χ0) is 14.5. The van der Waals surface area contributed by atoms with Gasteiger partial charge in [-0.05, 0) is 13.0 Å². The van der Waals surface area contributed by atoms with E-state index >= 15 is 0 Å². The maximum Gasteiger partial charge on any atom is 0.244 e. The second-order valence-corrected chi connectivity index (χ2v) is 6.09. The van der Waals surface area contributed by atoms with Gasteiger partial charge in [0, 0.05) is 31.5 Å². The number of aliphatic hydroxyl groups is 1. The predicted molar refractivity (Wildman–Crippen MR) is 71.7 cm³/mol. The van der Waals surface area contributed by atoms with Crippen molar-refractivity contribution in [3.05, 3.63) is 24.0 Å². The van der Waals surface area contributed by atoms with Crippen LogP contribution in [0.25, 0.3) is 0 Å². The average Bonchev–Trinajstić information content (AvgIpc) is 2.35. The second-order valence-electron chi connectivity index (χ2n) is 4.05. The summed E-state index contributed by atoms with van der Waals surface area (Å²) in [5.74, 6) is 5.36. The van der Waals surface area contributed by atoms with Gasteiger partial charge in [-0.3, -0.25) is 4.98 Å². The molecule has 0 radical (unpaired) electrons. The van der Waals surface area contributed by atoms with Crippen molar-refractivity contribution >= 4 is 10.0 Å². The van der Waals surface area contributed by atoms with Crippen LogP contribution in [0.2, 0.25) is 0 Å². The van der Waals surface area contributed by atoms with Gasteiger partial charge in [-0.25, -0.2) is 8.42 Å². The highest BCUT2D eigenvalue weighted by atomic mass is 32.2. The second kappa shape index (κ2) is 6.63. The average molecular weight is 283 g/mol. The Labute approximate surface area is 113 Å². The first kappa shape index (κ1) is 15.6. The molecule has 0 aliphatic rings. The molecule has 0 aliphatic heterocycles. The summed E-state index contributed by atoms with van der Waals surface area (Å²) < 4.78 is 25.5. The minimum atomic E-state index is -3.67. The van der Waals surface area contributed by atoms with Crippen molar-refractivity contribution in [2.75, 3.05) is 20.1 Å². The molecule has 0 amide bonds. The molecular weight excluding hydrogens is 266 g/mol. The monoisotopic (exact) mass is 283 g/mol. The molecule has 0 saturated heterocycles. The zero-order valence-electron chi connectivity index (χ0n) is 10.9. The number of hydrogen-bond donors (Lipinski definition) is 2. The lowest BCUT2D eigenvalue weighted by atomic mass is 10.3. The first-order chi connectivity index (χ1) is 8.87. The van der Waals surface area contributed by atoms with Gasteiger partial charge >= 0.3 is 0 Å². The van der Waals surface area contributed by atoms with Crippen LogP contribution in [0.3, 0.4) is 0 Å². The Morgan fingerprint density at radius 1 is 1.53 bits per heavy atom. The van der Waals surface area contributed by atoms with E-state index in [9.17, 15) is 13.5 Å². The summed E-state index contributed by atoms with van der Waals surface area (Å²) in [6, 6.07) is 1.43.